The van der Waals surface area contributed by atoms with E-state index < -0.39 is 12.0 Å². The number of rotatable bonds is 6. The maximum absolute atomic E-state index is 12.0. The third-order valence-electron chi connectivity index (χ3n) is 3.57. The summed E-state index contributed by atoms with van der Waals surface area (Å²) >= 11 is 0. The number of para-hydroxylation sites is 1. The van der Waals surface area contributed by atoms with Crippen LogP contribution in [0.4, 0.5) is 10.5 Å². The van der Waals surface area contributed by atoms with Crippen molar-refractivity contribution < 1.29 is 19.1 Å². The molecule has 0 fully saturated rings. The normalized spacial score (nSPS) is 10.0. The molecule has 0 aromatic heterocycles. The summed E-state index contributed by atoms with van der Waals surface area (Å²) in [5.41, 5.74) is 2.85. The molecule has 6 heteroatoms. The number of aryl methyl sites for hydroxylation is 2. The fourth-order valence-corrected chi connectivity index (χ4v) is 2.23. The first kappa shape index (κ1) is 18.3. The summed E-state index contributed by atoms with van der Waals surface area (Å²) in [5.74, 6) is 0.299. The maximum Gasteiger partial charge on any atom is 0.339 e. The van der Waals surface area contributed by atoms with Gasteiger partial charge in [-0.3, -0.25) is 0 Å². The number of anilines is 1. The monoisotopic (exact) mass is 342 g/mol. The molecule has 0 unspecified atom stereocenters. The molecule has 2 aromatic carbocycles. The molecule has 25 heavy (non-hydrogen) atoms. The highest BCUT2D eigenvalue weighted by molar-refractivity contribution is 6.00. The molecule has 0 spiro atoms. The van der Waals surface area contributed by atoms with Gasteiger partial charge in [0, 0.05) is 0 Å². The Morgan fingerprint density at radius 3 is 2.60 bits per heavy atom. The van der Waals surface area contributed by atoms with Gasteiger partial charge in [0.15, 0.2) is 0 Å². The molecule has 6 nitrogen and oxygen atoms in total. The van der Waals surface area contributed by atoms with E-state index in [0.29, 0.717) is 24.4 Å². The molecule has 0 heterocycles. The smallest absolute Gasteiger partial charge is 0.339 e. The lowest BCUT2D eigenvalue weighted by molar-refractivity contribution is 0.0602. The van der Waals surface area contributed by atoms with Crippen LogP contribution in [0.5, 0.6) is 5.75 Å². The van der Waals surface area contributed by atoms with Gasteiger partial charge in [-0.2, -0.15) is 0 Å². The van der Waals surface area contributed by atoms with E-state index in [1.165, 1.54) is 7.11 Å². The van der Waals surface area contributed by atoms with Crippen molar-refractivity contribution in [3.63, 3.8) is 0 Å². The second kappa shape index (κ2) is 8.73. The fourth-order valence-electron chi connectivity index (χ4n) is 2.23. The van der Waals surface area contributed by atoms with Crippen molar-refractivity contribution in [3.05, 3.63) is 59.2 Å². The Hall–Kier alpha value is -3.02. The molecule has 0 radical (unpaired) electrons. The van der Waals surface area contributed by atoms with Crippen LogP contribution in [0, 0.1) is 13.8 Å². The van der Waals surface area contributed by atoms with Crippen LogP contribution >= 0.6 is 0 Å². The molecule has 0 atom stereocenters. The number of esters is 1. The van der Waals surface area contributed by atoms with Gasteiger partial charge >= 0.3 is 12.0 Å². The SMILES string of the molecule is COC(=O)c1ccccc1NC(=O)NCCOc1cc(C)ccc1C. The summed E-state index contributed by atoms with van der Waals surface area (Å²) in [6.07, 6.45) is 0. The standard InChI is InChI=1S/C19H22N2O4/c1-13-8-9-14(2)17(12-13)25-11-10-20-19(23)21-16-7-5-4-6-15(16)18(22)24-3/h4-9,12H,10-11H2,1-3H3,(H2,20,21,23). The van der Waals surface area contributed by atoms with Gasteiger partial charge in [-0.1, -0.05) is 24.3 Å². The Kier molecular flexibility index (Phi) is 6.39. The number of hydrogen-bond donors (Lipinski definition) is 2. The Bertz CT molecular complexity index is 759. The average Bonchev–Trinajstić information content (AvgIpc) is 2.61. The van der Waals surface area contributed by atoms with E-state index in [2.05, 4.69) is 10.6 Å². The predicted molar refractivity (Wildman–Crippen MR) is 96.2 cm³/mol. The molecule has 2 rings (SSSR count). The molecule has 2 amide bonds. The fraction of sp³-hybridized carbons (Fsp3) is 0.263. The number of hydrogen-bond acceptors (Lipinski definition) is 4. The minimum absolute atomic E-state index is 0.298. The van der Waals surface area contributed by atoms with Crippen molar-refractivity contribution in [1.29, 1.82) is 0 Å². The first-order valence-corrected chi connectivity index (χ1v) is 7.93. The van der Waals surface area contributed by atoms with E-state index in [9.17, 15) is 9.59 Å². The highest BCUT2D eigenvalue weighted by atomic mass is 16.5. The van der Waals surface area contributed by atoms with Crippen molar-refractivity contribution in [2.24, 2.45) is 0 Å². The highest BCUT2D eigenvalue weighted by Gasteiger charge is 2.12. The van der Waals surface area contributed by atoms with Crippen LogP contribution in [0.25, 0.3) is 0 Å². The Balaban J connectivity index is 1.83. The second-order valence-corrected chi connectivity index (χ2v) is 5.54. The number of carbonyl (C=O) groups is 2. The van der Waals surface area contributed by atoms with Crippen LogP contribution in [-0.4, -0.2) is 32.3 Å². The Morgan fingerprint density at radius 1 is 1.08 bits per heavy atom. The van der Waals surface area contributed by atoms with Crippen molar-refractivity contribution in [2.75, 3.05) is 25.6 Å². The van der Waals surface area contributed by atoms with E-state index >= 15 is 0 Å². The van der Waals surface area contributed by atoms with Gasteiger partial charge in [-0.15, -0.1) is 0 Å². The second-order valence-electron chi connectivity index (χ2n) is 5.54. The van der Waals surface area contributed by atoms with Crippen LogP contribution in [-0.2, 0) is 4.74 Å². The summed E-state index contributed by atoms with van der Waals surface area (Å²) < 4.78 is 10.4. The van der Waals surface area contributed by atoms with Crippen molar-refractivity contribution in [3.8, 4) is 5.75 Å². The molecule has 0 saturated carbocycles. The first-order chi connectivity index (χ1) is 12.0. The van der Waals surface area contributed by atoms with E-state index in [1.807, 2.05) is 32.0 Å². The summed E-state index contributed by atoms with van der Waals surface area (Å²) in [7, 11) is 1.30. The molecule has 0 aliphatic heterocycles. The van der Waals surface area contributed by atoms with Gasteiger partial charge < -0.3 is 20.1 Å². The first-order valence-electron chi connectivity index (χ1n) is 7.93. The molecular weight excluding hydrogens is 320 g/mol. The number of urea groups is 1. The topological polar surface area (TPSA) is 76.7 Å². The number of methoxy groups -OCH3 is 1. The molecule has 2 aromatic rings. The lowest BCUT2D eigenvalue weighted by Gasteiger charge is -2.12. The quantitative estimate of drug-likeness (QED) is 0.624. The van der Waals surface area contributed by atoms with E-state index in [-0.39, 0.29) is 0 Å². The average molecular weight is 342 g/mol. The van der Waals surface area contributed by atoms with Crippen molar-refractivity contribution in [2.45, 2.75) is 13.8 Å². The van der Waals surface area contributed by atoms with Crippen LogP contribution < -0.4 is 15.4 Å². The van der Waals surface area contributed by atoms with Gasteiger partial charge in [-0.25, -0.2) is 9.59 Å². The van der Waals surface area contributed by atoms with Gasteiger partial charge in [0.25, 0.3) is 0 Å². The Morgan fingerprint density at radius 2 is 1.84 bits per heavy atom. The number of benzene rings is 2. The summed E-state index contributed by atoms with van der Waals surface area (Å²) in [4.78, 5) is 23.7. The lowest BCUT2D eigenvalue weighted by Crippen LogP contribution is -2.32. The number of nitrogens with one attached hydrogen (secondary N) is 2. The maximum atomic E-state index is 12.0. The molecule has 2 N–H and O–H groups in total. The molecule has 0 bridgehead atoms. The van der Waals surface area contributed by atoms with E-state index in [1.54, 1.807) is 24.3 Å². The van der Waals surface area contributed by atoms with Gasteiger partial charge in [-0.05, 0) is 43.2 Å². The highest BCUT2D eigenvalue weighted by Crippen LogP contribution is 2.19. The zero-order valence-corrected chi connectivity index (χ0v) is 14.6. The van der Waals surface area contributed by atoms with Crippen LogP contribution in [0.3, 0.4) is 0 Å². The van der Waals surface area contributed by atoms with Gasteiger partial charge in [0.1, 0.15) is 12.4 Å². The number of ether oxygens (including phenoxy) is 2. The van der Waals surface area contributed by atoms with Crippen molar-refractivity contribution >= 4 is 17.7 Å². The predicted octanol–water partition coefficient (Wildman–Crippen LogP) is 3.29. The number of carbonyl (C=O) groups excluding carboxylic acids is 2. The zero-order valence-electron chi connectivity index (χ0n) is 14.6. The zero-order chi connectivity index (χ0) is 18.2. The third kappa shape index (κ3) is 5.24. The third-order valence-corrected chi connectivity index (χ3v) is 3.57. The Labute approximate surface area is 147 Å². The van der Waals surface area contributed by atoms with Crippen molar-refractivity contribution in [1.82, 2.24) is 5.32 Å². The molecular formula is C19H22N2O4. The molecule has 132 valence electrons. The van der Waals surface area contributed by atoms with Crippen LogP contribution in [0.1, 0.15) is 21.5 Å². The van der Waals surface area contributed by atoms with E-state index in [0.717, 1.165) is 16.9 Å². The molecule has 0 saturated heterocycles. The molecule has 0 aliphatic carbocycles. The molecule has 0 aliphatic rings. The summed E-state index contributed by atoms with van der Waals surface area (Å²) in [5, 5.41) is 5.33. The minimum Gasteiger partial charge on any atom is -0.491 e. The number of amides is 2. The minimum atomic E-state index is -0.505. The van der Waals surface area contributed by atoms with Gasteiger partial charge in [0.2, 0.25) is 0 Å². The summed E-state index contributed by atoms with van der Waals surface area (Å²) in [6.45, 7) is 4.64. The van der Waals surface area contributed by atoms with Crippen LogP contribution in [0.2, 0.25) is 0 Å². The largest absolute Gasteiger partial charge is 0.491 e. The van der Waals surface area contributed by atoms with E-state index in [4.69, 9.17) is 9.47 Å². The van der Waals surface area contributed by atoms with Crippen LogP contribution in [0.15, 0.2) is 42.5 Å². The lowest BCUT2D eigenvalue weighted by atomic mass is 10.1. The summed E-state index contributed by atoms with van der Waals surface area (Å²) in [6, 6.07) is 12.2. The van der Waals surface area contributed by atoms with Gasteiger partial charge in [0.05, 0.1) is 24.9 Å².